The molecule has 7 heteroatoms. The second-order valence-corrected chi connectivity index (χ2v) is 8.89. The average Bonchev–Trinajstić information content (AvgIpc) is 2.61. The summed E-state index contributed by atoms with van der Waals surface area (Å²) in [4.78, 5) is 12.9. The van der Waals surface area contributed by atoms with E-state index in [1.165, 1.54) is 24.3 Å². The molecule has 0 spiro atoms. The van der Waals surface area contributed by atoms with Crippen LogP contribution < -0.4 is 9.62 Å². The number of nitrogens with zero attached hydrogens (tertiary/aromatic N) is 1. The van der Waals surface area contributed by atoms with E-state index in [0.29, 0.717) is 0 Å². The van der Waals surface area contributed by atoms with Gasteiger partial charge in [0.15, 0.2) is 0 Å². The van der Waals surface area contributed by atoms with Crippen molar-refractivity contribution in [2.75, 3.05) is 10.6 Å². The Morgan fingerprint density at radius 2 is 1.71 bits per heavy atom. The van der Waals surface area contributed by atoms with Crippen LogP contribution in [0.5, 0.6) is 0 Å². The quantitative estimate of drug-likeness (QED) is 0.759. The van der Waals surface area contributed by atoms with Crippen LogP contribution in [0.25, 0.3) is 0 Å². The molecule has 2 rings (SSSR count). The lowest BCUT2D eigenvalue weighted by Gasteiger charge is -2.31. The predicted molar refractivity (Wildman–Crippen MR) is 110 cm³/mol. The molecule has 0 saturated carbocycles. The van der Waals surface area contributed by atoms with Gasteiger partial charge in [0.25, 0.3) is 0 Å². The van der Waals surface area contributed by atoms with Gasteiger partial charge < -0.3 is 5.32 Å². The van der Waals surface area contributed by atoms with Crippen molar-refractivity contribution < 1.29 is 17.6 Å². The van der Waals surface area contributed by atoms with Crippen LogP contribution >= 0.6 is 0 Å². The monoisotopic (exact) mass is 406 g/mol. The second-order valence-electron chi connectivity index (χ2n) is 7.03. The molecule has 1 N–H and O–H groups in total. The summed E-state index contributed by atoms with van der Waals surface area (Å²) in [5.41, 5.74) is 3.48. The first-order chi connectivity index (χ1) is 13.0. The number of halogens is 1. The number of anilines is 1. The molecule has 2 aromatic rings. The number of aryl methyl sites for hydroxylation is 2. The van der Waals surface area contributed by atoms with Gasteiger partial charge in [-0.25, -0.2) is 12.8 Å². The number of hydrogen-bond donors (Lipinski definition) is 1. The van der Waals surface area contributed by atoms with Gasteiger partial charge >= 0.3 is 0 Å². The Morgan fingerprint density at radius 1 is 1.11 bits per heavy atom. The molecule has 2 atom stereocenters. The van der Waals surface area contributed by atoms with Gasteiger partial charge in [0.2, 0.25) is 15.9 Å². The van der Waals surface area contributed by atoms with Gasteiger partial charge in [0.1, 0.15) is 11.9 Å². The summed E-state index contributed by atoms with van der Waals surface area (Å²) in [6, 6.07) is 9.80. The van der Waals surface area contributed by atoms with Gasteiger partial charge in [-0.05, 0) is 68.1 Å². The first kappa shape index (κ1) is 21.9. The van der Waals surface area contributed by atoms with Crippen LogP contribution in [0, 0.1) is 19.7 Å². The minimum absolute atomic E-state index is 0.254. The van der Waals surface area contributed by atoms with Crippen LogP contribution in [0.1, 0.15) is 43.0 Å². The van der Waals surface area contributed by atoms with E-state index in [1.54, 1.807) is 6.92 Å². The van der Waals surface area contributed by atoms with E-state index in [9.17, 15) is 17.6 Å². The fourth-order valence-electron chi connectivity index (χ4n) is 3.08. The maximum atomic E-state index is 13.3. The largest absolute Gasteiger partial charge is 0.348 e. The van der Waals surface area contributed by atoms with E-state index in [4.69, 9.17) is 0 Å². The van der Waals surface area contributed by atoms with Crippen LogP contribution in [-0.2, 0) is 14.8 Å². The van der Waals surface area contributed by atoms with Gasteiger partial charge in [-0.15, -0.1) is 0 Å². The van der Waals surface area contributed by atoms with Crippen LogP contribution in [0.4, 0.5) is 10.1 Å². The highest BCUT2D eigenvalue weighted by Gasteiger charge is 2.32. The maximum Gasteiger partial charge on any atom is 0.244 e. The van der Waals surface area contributed by atoms with E-state index in [1.807, 2.05) is 39.0 Å². The van der Waals surface area contributed by atoms with Crippen molar-refractivity contribution in [3.63, 3.8) is 0 Å². The lowest BCUT2D eigenvalue weighted by molar-refractivity contribution is -0.122. The Bertz CT molecular complexity index is 943. The highest BCUT2D eigenvalue weighted by atomic mass is 32.2. The summed E-state index contributed by atoms with van der Waals surface area (Å²) in [6.07, 6.45) is 1.31. The molecule has 0 aliphatic heterocycles. The molecule has 0 saturated heterocycles. The minimum atomic E-state index is -3.75. The number of carbonyl (C=O) groups excluding carboxylic acids is 1. The SMILES string of the molecule is CCC(C(=O)NC(C)c1ccc(C)c(C)c1)N(c1ccc(F)cc1)S(C)(=O)=O. The molecular weight excluding hydrogens is 379 g/mol. The fourth-order valence-corrected chi connectivity index (χ4v) is 4.29. The first-order valence-electron chi connectivity index (χ1n) is 9.17. The van der Waals surface area contributed by atoms with E-state index in [-0.39, 0.29) is 18.2 Å². The molecule has 0 aromatic heterocycles. The van der Waals surface area contributed by atoms with Crippen molar-refractivity contribution in [3.05, 3.63) is 65.0 Å². The Morgan fingerprint density at radius 3 is 2.21 bits per heavy atom. The second kappa shape index (κ2) is 8.73. The third kappa shape index (κ3) is 5.10. The molecule has 2 unspecified atom stereocenters. The third-order valence-electron chi connectivity index (χ3n) is 4.80. The molecule has 2 aromatic carbocycles. The molecule has 1 amide bonds. The zero-order chi connectivity index (χ0) is 21.1. The summed E-state index contributed by atoms with van der Waals surface area (Å²) in [7, 11) is -3.75. The molecule has 0 heterocycles. The van der Waals surface area contributed by atoms with Gasteiger partial charge in [-0.3, -0.25) is 9.10 Å². The molecule has 5 nitrogen and oxygen atoms in total. The molecule has 0 aliphatic carbocycles. The van der Waals surface area contributed by atoms with E-state index in [0.717, 1.165) is 27.3 Å². The molecular formula is C21H27FN2O3S. The third-order valence-corrected chi connectivity index (χ3v) is 5.98. The molecule has 0 bridgehead atoms. The Kier molecular flexibility index (Phi) is 6.82. The van der Waals surface area contributed by atoms with Gasteiger partial charge in [-0.1, -0.05) is 25.1 Å². The van der Waals surface area contributed by atoms with Gasteiger partial charge in [0, 0.05) is 0 Å². The Labute approximate surface area is 166 Å². The highest BCUT2D eigenvalue weighted by molar-refractivity contribution is 7.92. The summed E-state index contributed by atoms with van der Waals surface area (Å²) in [6.45, 7) is 7.62. The Balaban J connectivity index is 2.30. The van der Waals surface area contributed by atoms with Crippen molar-refractivity contribution >= 4 is 21.6 Å². The number of rotatable bonds is 7. The Hall–Kier alpha value is -2.41. The van der Waals surface area contributed by atoms with E-state index >= 15 is 0 Å². The van der Waals surface area contributed by atoms with E-state index < -0.39 is 27.8 Å². The number of sulfonamides is 1. The molecule has 28 heavy (non-hydrogen) atoms. The smallest absolute Gasteiger partial charge is 0.244 e. The summed E-state index contributed by atoms with van der Waals surface area (Å²) < 4.78 is 39.1. The molecule has 0 radical (unpaired) electrons. The van der Waals surface area contributed by atoms with Crippen LogP contribution in [0.3, 0.4) is 0 Å². The van der Waals surface area contributed by atoms with Crippen molar-refractivity contribution in [2.45, 2.75) is 46.2 Å². The molecule has 0 fully saturated rings. The van der Waals surface area contributed by atoms with Crippen molar-refractivity contribution in [1.29, 1.82) is 0 Å². The number of benzene rings is 2. The fraction of sp³-hybridized carbons (Fsp3) is 0.381. The number of carbonyl (C=O) groups is 1. The van der Waals surface area contributed by atoms with Crippen LogP contribution in [-0.4, -0.2) is 26.6 Å². The number of nitrogens with one attached hydrogen (secondary N) is 1. The standard InChI is InChI=1S/C21H27FN2O3S/c1-6-20(24(28(5,26)27)19-11-9-18(22)10-12-19)21(25)23-16(4)17-8-7-14(2)15(3)13-17/h7-13,16,20H,6H2,1-5H3,(H,23,25). The van der Waals surface area contributed by atoms with Crippen molar-refractivity contribution in [1.82, 2.24) is 5.32 Å². The summed E-state index contributed by atoms with van der Waals surface area (Å²) >= 11 is 0. The van der Waals surface area contributed by atoms with Crippen LogP contribution in [0.2, 0.25) is 0 Å². The summed E-state index contributed by atoms with van der Waals surface area (Å²) in [5.74, 6) is -0.874. The zero-order valence-corrected chi connectivity index (χ0v) is 17.7. The van der Waals surface area contributed by atoms with Crippen LogP contribution in [0.15, 0.2) is 42.5 Å². The average molecular weight is 407 g/mol. The van der Waals surface area contributed by atoms with E-state index in [2.05, 4.69) is 5.32 Å². The molecule has 0 aliphatic rings. The zero-order valence-electron chi connectivity index (χ0n) is 16.9. The van der Waals surface area contributed by atoms with Crippen molar-refractivity contribution in [3.8, 4) is 0 Å². The summed E-state index contributed by atoms with van der Waals surface area (Å²) in [5, 5.41) is 2.91. The maximum absolute atomic E-state index is 13.3. The van der Waals surface area contributed by atoms with Gasteiger partial charge in [0.05, 0.1) is 18.0 Å². The first-order valence-corrected chi connectivity index (χ1v) is 11.0. The van der Waals surface area contributed by atoms with Crippen molar-refractivity contribution in [2.24, 2.45) is 0 Å². The topological polar surface area (TPSA) is 66.5 Å². The van der Waals surface area contributed by atoms with Gasteiger partial charge in [-0.2, -0.15) is 0 Å². The lowest BCUT2D eigenvalue weighted by atomic mass is 10.0. The highest BCUT2D eigenvalue weighted by Crippen LogP contribution is 2.24. The predicted octanol–water partition coefficient (Wildman–Crippen LogP) is 3.86. The normalized spacial score (nSPS) is 13.6. The minimum Gasteiger partial charge on any atom is -0.348 e. The molecule has 152 valence electrons. The number of hydrogen-bond acceptors (Lipinski definition) is 3. The lowest BCUT2D eigenvalue weighted by Crippen LogP contribution is -2.49. The number of amides is 1.